The largest absolute Gasteiger partial charge is 0.494 e. The smallest absolute Gasteiger partial charge is 0.263 e. The molecule has 0 atom stereocenters. The summed E-state index contributed by atoms with van der Waals surface area (Å²) in [4.78, 5) is 55.2. The molecule has 0 spiro atoms. The summed E-state index contributed by atoms with van der Waals surface area (Å²) in [6.45, 7) is 26.1. The van der Waals surface area contributed by atoms with Crippen LogP contribution in [0.1, 0.15) is 74.1 Å². The first-order valence-electron chi connectivity index (χ1n) is 19.9. The summed E-state index contributed by atoms with van der Waals surface area (Å²) in [7, 11) is 0. The normalized spacial score (nSPS) is 12.7. The highest BCUT2D eigenvalue weighted by Gasteiger charge is 2.29. The van der Waals surface area contributed by atoms with E-state index < -0.39 is 0 Å². The molecule has 4 rings (SSSR count). The van der Waals surface area contributed by atoms with Crippen LogP contribution in [-0.4, -0.2) is 114 Å². The predicted molar refractivity (Wildman–Crippen MR) is 216 cm³/mol. The van der Waals surface area contributed by atoms with E-state index in [0.29, 0.717) is 76.2 Å². The number of hydrogen-bond acceptors (Lipinski definition) is 10. The van der Waals surface area contributed by atoms with Crippen LogP contribution in [0.5, 0.6) is 5.88 Å². The van der Waals surface area contributed by atoms with Gasteiger partial charge in [0.25, 0.3) is 16.7 Å². The molecule has 1 aromatic carbocycles. The number of aromatic hydroxyl groups is 1. The number of pyridine rings is 2. The van der Waals surface area contributed by atoms with Gasteiger partial charge >= 0.3 is 0 Å². The number of aromatic nitrogens is 2. The summed E-state index contributed by atoms with van der Waals surface area (Å²) in [5.74, 6) is -0.148. The lowest BCUT2D eigenvalue weighted by Crippen LogP contribution is -2.38. The van der Waals surface area contributed by atoms with Gasteiger partial charge in [0.05, 0.1) is 21.7 Å². The van der Waals surface area contributed by atoms with Gasteiger partial charge in [-0.05, 0) is 110 Å². The van der Waals surface area contributed by atoms with Crippen LogP contribution in [0.4, 0.5) is 5.69 Å². The Kier molecular flexibility index (Phi) is 15.9. The second-order valence-corrected chi connectivity index (χ2v) is 13.6. The molecular formula is C40H64N8O4. The number of benzene rings is 2. The molecule has 0 unspecified atom stereocenters. The maximum absolute atomic E-state index is 14.5. The van der Waals surface area contributed by atoms with Crippen molar-refractivity contribution >= 4 is 27.2 Å². The van der Waals surface area contributed by atoms with Crippen molar-refractivity contribution in [2.45, 2.75) is 87.2 Å². The Morgan fingerprint density at radius 1 is 0.654 bits per heavy atom. The van der Waals surface area contributed by atoms with E-state index in [1.165, 1.54) is 9.13 Å². The lowest BCUT2D eigenvalue weighted by Gasteiger charge is -2.23. The van der Waals surface area contributed by atoms with Crippen molar-refractivity contribution in [3.63, 3.8) is 0 Å². The minimum Gasteiger partial charge on any atom is -0.494 e. The van der Waals surface area contributed by atoms with Crippen molar-refractivity contribution in [1.29, 1.82) is 0 Å². The van der Waals surface area contributed by atoms with E-state index in [2.05, 4.69) is 73.8 Å². The van der Waals surface area contributed by atoms with Crippen molar-refractivity contribution in [3.8, 4) is 17.0 Å². The fraction of sp³-hybridized carbons (Fsp3) is 0.650. The summed E-state index contributed by atoms with van der Waals surface area (Å²) in [5.41, 5.74) is 0.240. The summed E-state index contributed by atoms with van der Waals surface area (Å²) < 4.78 is 2.82. The predicted octanol–water partition coefficient (Wildman–Crippen LogP) is 3.87. The number of hydrogen-bond donors (Lipinski definition) is 3. The van der Waals surface area contributed by atoms with E-state index in [9.17, 15) is 19.5 Å². The van der Waals surface area contributed by atoms with Gasteiger partial charge < -0.3 is 30.4 Å². The molecule has 1 aromatic heterocycles. The van der Waals surface area contributed by atoms with E-state index in [1.807, 2.05) is 6.07 Å². The first-order chi connectivity index (χ1) is 25.2. The zero-order valence-corrected chi connectivity index (χ0v) is 32.9. The molecule has 12 heteroatoms. The van der Waals surface area contributed by atoms with E-state index in [0.717, 1.165) is 84.8 Å². The van der Waals surface area contributed by atoms with Gasteiger partial charge in [-0.25, -0.2) is 0 Å². The molecule has 1 aliphatic heterocycles. The van der Waals surface area contributed by atoms with Crippen molar-refractivity contribution in [1.82, 2.24) is 29.2 Å². The standard InChI is InChI=1S/C40H64N8O4/c1-8-41-19-15-20-42-31-27-29-34-33-30(38(50)47(39(51)35(31)33)25-17-23-45(11-4)12-5)28-32(43-21-16-22-44(9-2)10-3)36(34)40(52)48(37(29)49)26-18-24-46(13-6)14-7/h27-28,41-42,49H,8-26H2,1-7H3. The highest BCUT2D eigenvalue weighted by Crippen LogP contribution is 2.40. The van der Waals surface area contributed by atoms with Gasteiger partial charge in [-0.2, -0.15) is 0 Å². The molecule has 1 aliphatic carbocycles. The Morgan fingerprint density at radius 3 is 1.79 bits per heavy atom. The minimum absolute atomic E-state index is 0.148. The Bertz CT molecular complexity index is 1910. The molecule has 288 valence electrons. The molecular weight excluding hydrogens is 656 g/mol. The summed E-state index contributed by atoms with van der Waals surface area (Å²) in [6, 6.07) is 3.54. The van der Waals surface area contributed by atoms with Crippen LogP contribution >= 0.6 is 0 Å². The number of nitrogens with zero attached hydrogens (tertiary/aromatic N) is 6. The van der Waals surface area contributed by atoms with Crippen LogP contribution in [0.2, 0.25) is 0 Å². The zero-order chi connectivity index (χ0) is 37.8. The maximum Gasteiger partial charge on any atom is 0.263 e. The van der Waals surface area contributed by atoms with Crippen LogP contribution < -0.4 is 32.7 Å². The second-order valence-electron chi connectivity index (χ2n) is 13.6. The molecule has 0 bridgehead atoms. The molecule has 2 heterocycles. The lowest BCUT2D eigenvalue weighted by molar-refractivity contribution is 0.289. The van der Waals surface area contributed by atoms with Crippen molar-refractivity contribution in [3.05, 3.63) is 48.6 Å². The number of rotatable bonds is 24. The summed E-state index contributed by atoms with van der Waals surface area (Å²) in [5, 5.41) is 20.8. The van der Waals surface area contributed by atoms with Gasteiger partial charge in [0, 0.05) is 48.2 Å². The zero-order valence-electron chi connectivity index (χ0n) is 32.9. The Morgan fingerprint density at radius 2 is 1.21 bits per heavy atom. The van der Waals surface area contributed by atoms with E-state index in [1.54, 1.807) is 6.07 Å². The third kappa shape index (κ3) is 9.13. The van der Waals surface area contributed by atoms with Gasteiger partial charge in [0.1, 0.15) is 0 Å². The van der Waals surface area contributed by atoms with Crippen LogP contribution in [0.3, 0.4) is 0 Å². The molecule has 52 heavy (non-hydrogen) atoms. The lowest BCUT2D eigenvalue weighted by atomic mass is 9.89. The van der Waals surface area contributed by atoms with Crippen LogP contribution in [-0.2, 0) is 13.1 Å². The minimum atomic E-state index is -0.382. The van der Waals surface area contributed by atoms with Crippen LogP contribution in [0.15, 0.2) is 31.5 Å². The third-order valence-corrected chi connectivity index (χ3v) is 10.7. The first-order valence-corrected chi connectivity index (χ1v) is 19.9. The van der Waals surface area contributed by atoms with Crippen LogP contribution in [0.25, 0.3) is 32.7 Å². The van der Waals surface area contributed by atoms with Gasteiger partial charge in [-0.3, -0.25) is 28.5 Å². The van der Waals surface area contributed by atoms with Crippen molar-refractivity contribution in [2.75, 3.05) is 90.4 Å². The highest BCUT2D eigenvalue weighted by molar-refractivity contribution is 6.18. The number of nitrogens with one attached hydrogen (secondary N) is 2. The monoisotopic (exact) mass is 721 g/mol. The fourth-order valence-corrected chi connectivity index (χ4v) is 7.46. The molecule has 0 saturated heterocycles. The molecule has 0 radical (unpaired) electrons. The second kappa shape index (κ2) is 20.0. The van der Waals surface area contributed by atoms with E-state index in [4.69, 9.17) is 4.99 Å². The molecule has 0 fully saturated rings. The maximum atomic E-state index is 14.5. The summed E-state index contributed by atoms with van der Waals surface area (Å²) >= 11 is 0. The number of anilines is 1. The van der Waals surface area contributed by atoms with Gasteiger partial charge in [-0.15, -0.1) is 0 Å². The quantitative estimate of drug-likeness (QED) is 0.0731. The van der Waals surface area contributed by atoms with Crippen molar-refractivity contribution < 1.29 is 5.11 Å². The summed E-state index contributed by atoms with van der Waals surface area (Å²) in [6.07, 6.45) is 2.94. The van der Waals surface area contributed by atoms with E-state index >= 15 is 0 Å². The Hall–Kier alpha value is -3.58. The molecule has 0 amide bonds. The molecule has 3 N–H and O–H groups in total. The average Bonchev–Trinajstić information content (AvgIpc) is 3.15. The molecule has 2 aromatic rings. The Labute approximate surface area is 309 Å². The van der Waals surface area contributed by atoms with Gasteiger partial charge in [-0.1, -0.05) is 48.5 Å². The first kappa shape index (κ1) is 41.2. The topological polar surface area (TPSA) is 127 Å². The fourth-order valence-electron chi connectivity index (χ4n) is 7.46. The van der Waals surface area contributed by atoms with Gasteiger partial charge in [0.15, 0.2) is 0 Å². The SMILES string of the molecule is CCNCCCNc1cc2c(O)n(CCCN(CC)CC)c(=O)c3c(=NCCCN(CC)CC)cc4c(=O)n(CCCN(CC)CC)c(=O)c1c-4c23. The molecule has 0 saturated carbocycles. The molecule has 2 aliphatic rings. The average molecular weight is 721 g/mol. The highest BCUT2D eigenvalue weighted by atomic mass is 16.3. The van der Waals surface area contributed by atoms with Crippen LogP contribution in [0, 0.1) is 0 Å². The third-order valence-electron chi connectivity index (χ3n) is 10.7. The van der Waals surface area contributed by atoms with E-state index in [-0.39, 0.29) is 29.1 Å². The van der Waals surface area contributed by atoms with Crippen molar-refractivity contribution in [2.24, 2.45) is 4.99 Å². The van der Waals surface area contributed by atoms with Gasteiger partial charge in [0.2, 0.25) is 5.88 Å². The molecule has 12 nitrogen and oxygen atoms in total. The Balaban J connectivity index is 2.01.